The van der Waals surface area contributed by atoms with Gasteiger partial charge in [-0.2, -0.15) is 0 Å². The standard InChI is InChI=1S/C18H17N3/c19-15-8-4-7-13-16(9-10-20-18(13)15)21-17-11-14(17)12-5-2-1-3-6-12/h1-10,14,17H,11,19H2,(H,20,21). The summed E-state index contributed by atoms with van der Waals surface area (Å²) in [6.07, 6.45) is 3.00. The molecule has 1 aliphatic rings. The first kappa shape index (κ1) is 12.2. The molecule has 1 aliphatic carbocycles. The number of rotatable bonds is 3. The Labute approximate surface area is 123 Å². The predicted molar refractivity (Wildman–Crippen MR) is 87.4 cm³/mol. The Morgan fingerprint density at radius 1 is 1.00 bits per heavy atom. The monoisotopic (exact) mass is 275 g/mol. The average molecular weight is 275 g/mol. The molecule has 1 fully saturated rings. The molecule has 0 spiro atoms. The molecule has 0 amide bonds. The van der Waals surface area contributed by atoms with Crippen LogP contribution in [-0.2, 0) is 0 Å². The van der Waals surface area contributed by atoms with E-state index in [1.165, 1.54) is 12.0 Å². The normalized spacial score (nSPS) is 20.4. The van der Waals surface area contributed by atoms with Crippen molar-refractivity contribution in [3.8, 4) is 0 Å². The van der Waals surface area contributed by atoms with Gasteiger partial charge in [0.2, 0.25) is 0 Å². The highest BCUT2D eigenvalue weighted by molar-refractivity contribution is 5.97. The number of anilines is 2. The van der Waals surface area contributed by atoms with Crippen LogP contribution in [0.15, 0.2) is 60.8 Å². The fourth-order valence-corrected chi connectivity index (χ4v) is 2.95. The molecule has 104 valence electrons. The number of benzene rings is 2. The van der Waals surface area contributed by atoms with Crippen LogP contribution in [0.2, 0.25) is 0 Å². The van der Waals surface area contributed by atoms with E-state index in [1.54, 1.807) is 0 Å². The van der Waals surface area contributed by atoms with Crippen molar-refractivity contribution in [2.45, 2.75) is 18.4 Å². The molecule has 3 N–H and O–H groups in total. The second-order valence-corrected chi connectivity index (χ2v) is 5.61. The zero-order chi connectivity index (χ0) is 14.2. The minimum atomic E-state index is 0.499. The van der Waals surface area contributed by atoms with Gasteiger partial charge in [-0.15, -0.1) is 0 Å². The van der Waals surface area contributed by atoms with E-state index in [4.69, 9.17) is 5.73 Å². The zero-order valence-electron chi connectivity index (χ0n) is 11.7. The lowest BCUT2D eigenvalue weighted by atomic mass is 10.1. The number of hydrogen-bond donors (Lipinski definition) is 2. The summed E-state index contributed by atoms with van der Waals surface area (Å²) in [5, 5.41) is 4.73. The Balaban J connectivity index is 1.61. The number of aromatic nitrogens is 1. The minimum Gasteiger partial charge on any atom is -0.397 e. The molecule has 4 rings (SSSR count). The second-order valence-electron chi connectivity index (χ2n) is 5.61. The molecule has 2 atom stereocenters. The smallest absolute Gasteiger partial charge is 0.0951 e. The Kier molecular flexibility index (Phi) is 2.78. The molecular formula is C18H17N3. The van der Waals surface area contributed by atoms with Crippen molar-refractivity contribution in [2.24, 2.45) is 0 Å². The van der Waals surface area contributed by atoms with Crippen LogP contribution in [0, 0.1) is 0 Å². The second kappa shape index (κ2) is 4.77. The lowest BCUT2D eigenvalue weighted by molar-refractivity contribution is 1.05. The summed E-state index contributed by atoms with van der Waals surface area (Å²) < 4.78 is 0. The number of nitrogen functional groups attached to an aromatic ring is 1. The van der Waals surface area contributed by atoms with Crippen molar-refractivity contribution in [3.05, 3.63) is 66.4 Å². The molecule has 1 aromatic heterocycles. The van der Waals surface area contributed by atoms with E-state index in [9.17, 15) is 0 Å². The third kappa shape index (κ3) is 2.21. The van der Waals surface area contributed by atoms with E-state index in [0.717, 1.165) is 22.3 Å². The highest BCUT2D eigenvalue weighted by Gasteiger charge is 2.38. The van der Waals surface area contributed by atoms with Crippen LogP contribution < -0.4 is 11.1 Å². The van der Waals surface area contributed by atoms with Crippen molar-refractivity contribution >= 4 is 22.3 Å². The van der Waals surface area contributed by atoms with Gasteiger partial charge in [-0.3, -0.25) is 4.98 Å². The summed E-state index contributed by atoms with van der Waals surface area (Å²) in [4.78, 5) is 4.38. The van der Waals surface area contributed by atoms with Gasteiger partial charge < -0.3 is 11.1 Å². The third-order valence-corrected chi connectivity index (χ3v) is 4.16. The van der Waals surface area contributed by atoms with E-state index < -0.39 is 0 Å². The molecule has 2 unspecified atom stereocenters. The fraction of sp³-hybridized carbons (Fsp3) is 0.167. The van der Waals surface area contributed by atoms with E-state index in [0.29, 0.717) is 12.0 Å². The van der Waals surface area contributed by atoms with Gasteiger partial charge in [0.05, 0.1) is 11.2 Å². The molecule has 0 radical (unpaired) electrons. The summed E-state index contributed by atoms with van der Waals surface area (Å²) in [7, 11) is 0. The summed E-state index contributed by atoms with van der Waals surface area (Å²) in [6, 6.07) is 19.1. The van der Waals surface area contributed by atoms with Crippen LogP contribution >= 0.6 is 0 Å². The number of nitrogens with two attached hydrogens (primary N) is 1. The summed E-state index contributed by atoms with van der Waals surface area (Å²) in [5.41, 5.74) is 10.1. The van der Waals surface area contributed by atoms with Crippen LogP contribution in [0.4, 0.5) is 11.4 Å². The first-order valence-corrected chi connectivity index (χ1v) is 7.27. The Morgan fingerprint density at radius 2 is 1.86 bits per heavy atom. The number of pyridine rings is 1. The number of hydrogen-bond acceptors (Lipinski definition) is 3. The van der Waals surface area contributed by atoms with Gasteiger partial charge in [0.25, 0.3) is 0 Å². The lowest BCUT2D eigenvalue weighted by Crippen LogP contribution is -2.05. The lowest BCUT2D eigenvalue weighted by Gasteiger charge is -2.10. The third-order valence-electron chi connectivity index (χ3n) is 4.16. The predicted octanol–water partition coefficient (Wildman–Crippen LogP) is 3.79. The minimum absolute atomic E-state index is 0.499. The molecule has 1 saturated carbocycles. The van der Waals surface area contributed by atoms with Crippen LogP contribution in [0.1, 0.15) is 17.9 Å². The topological polar surface area (TPSA) is 50.9 Å². The Bertz CT molecular complexity index is 783. The molecule has 3 nitrogen and oxygen atoms in total. The average Bonchev–Trinajstić information content (AvgIpc) is 3.29. The van der Waals surface area contributed by atoms with Gasteiger partial charge in [0, 0.05) is 29.2 Å². The number of para-hydroxylation sites is 1. The zero-order valence-corrected chi connectivity index (χ0v) is 11.7. The molecular weight excluding hydrogens is 258 g/mol. The molecule has 2 aromatic carbocycles. The van der Waals surface area contributed by atoms with Gasteiger partial charge in [-0.1, -0.05) is 42.5 Å². The Hall–Kier alpha value is -2.55. The quantitative estimate of drug-likeness (QED) is 0.715. The summed E-state index contributed by atoms with van der Waals surface area (Å²) >= 11 is 0. The summed E-state index contributed by atoms with van der Waals surface area (Å²) in [6.45, 7) is 0. The molecule has 0 saturated heterocycles. The van der Waals surface area contributed by atoms with Gasteiger partial charge in [0.1, 0.15) is 0 Å². The van der Waals surface area contributed by atoms with Crippen molar-refractivity contribution < 1.29 is 0 Å². The maximum absolute atomic E-state index is 6.00. The van der Waals surface area contributed by atoms with Crippen molar-refractivity contribution in [1.29, 1.82) is 0 Å². The van der Waals surface area contributed by atoms with Gasteiger partial charge >= 0.3 is 0 Å². The van der Waals surface area contributed by atoms with E-state index in [2.05, 4.69) is 46.7 Å². The van der Waals surface area contributed by atoms with E-state index in [-0.39, 0.29) is 0 Å². The van der Waals surface area contributed by atoms with Crippen molar-refractivity contribution in [3.63, 3.8) is 0 Å². The molecule has 3 aromatic rings. The molecule has 0 bridgehead atoms. The van der Waals surface area contributed by atoms with Gasteiger partial charge in [-0.25, -0.2) is 0 Å². The summed E-state index contributed by atoms with van der Waals surface area (Å²) in [5.74, 6) is 0.607. The molecule has 0 aliphatic heterocycles. The first-order chi connectivity index (χ1) is 10.3. The largest absolute Gasteiger partial charge is 0.397 e. The van der Waals surface area contributed by atoms with Crippen molar-refractivity contribution in [1.82, 2.24) is 4.98 Å². The highest BCUT2D eigenvalue weighted by atomic mass is 15.0. The first-order valence-electron chi connectivity index (χ1n) is 7.27. The highest BCUT2D eigenvalue weighted by Crippen LogP contribution is 2.43. The van der Waals surface area contributed by atoms with Gasteiger partial charge in [-0.05, 0) is 24.1 Å². The SMILES string of the molecule is Nc1cccc2c(NC3CC3c3ccccc3)ccnc12. The van der Waals surface area contributed by atoms with E-state index >= 15 is 0 Å². The molecule has 1 heterocycles. The fourth-order valence-electron chi connectivity index (χ4n) is 2.95. The van der Waals surface area contributed by atoms with Crippen LogP contribution in [0.25, 0.3) is 10.9 Å². The molecule has 21 heavy (non-hydrogen) atoms. The van der Waals surface area contributed by atoms with Crippen LogP contribution in [0.3, 0.4) is 0 Å². The maximum atomic E-state index is 6.00. The van der Waals surface area contributed by atoms with Gasteiger partial charge in [0.15, 0.2) is 0 Å². The Morgan fingerprint density at radius 3 is 2.71 bits per heavy atom. The van der Waals surface area contributed by atoms with E-state index in [1.807, 2.05) is 24.4 Å². The van der Waals surface area contributed by atoms with Crippen molar-refractivity contribution in [2.75, 3.05) is 11.1 Å². The van der Waals surface area contributed by atoms with Crippen LogP contribution in [-0.4, -0.2) is 11.0 Å². The molecule has 3 heteroatoms. The number of nitrogens with one attached hydrogen (secondary N) is 1. The number of nitrogens with zero attached hydrogens (tertiary/aromatic N) is 1. The maximum Gasteiger partial charge on any atom is 0.0951 e. The number of fused-ring (bicyclic) bond motifs is 1. The van der Waals surface area contributed by atoms with Crippen LogP contribution in [0.5, 0.6) is 0 Å².